The number of aromatic nitrogens is 1. The highest BCUT2D eigenvalue weighted by atomic mass is 19.1. The number of halogens is 1. The van der Waals surface area contributed by atoms with Crippen LogP contribution in [0.1, 0.15) is 29.6 Å². The lowest BCUT2D eigenvalue weighted by Crippen LogP contribution is -2.47. The third kappa shape index (κ3) is 4.20. The van der Waals surface area contributed by atoms with Crippen LogP contribution in [0.2, 0.25) is 0 Å². The van der Waals surface area contributed by atoms with Gasteiger partial charge in [-0.2, -0.15) is 0 Å². The van der Waals surface area contributed by atoms with E-state index in [1.54, 1.807) is 36.4 Å². The van der Waals surface area contributed by atoms with Gasteiger partial charge in [0.25, 0.3) is 0 Å². The van der Waals surface area contributed by atoms with Crippen molar-refractivity contribution < 1.29 is 19.1 Å². The van der Waals surface area contributed by atoms with Gasteiger partial charge in [-0.15, -0.1) is 0 Å². The van der Waals surface area contributed by atoms with E-state index in [4.69, 9.17) is 4.98 Å². The maximum atomic E-state index is 14.1. The lowest BCUT2D eigenvalue weighted by Gasteiger charge is -2.37. The average Bonchev–Trinajstić information content (AvgIpc) is 2.77. The Morgan fingerprint density at radius 2 is 1.73 bits per heavy atom. The molecule has 1 saturated heterocycles. The maximum Gasteiger partial charge on any atom is 0.336 e. The standard InChI is InChI=1S/C25H25FN4O3/c26-20-6-1-2-7-22(20)29-10-12-30(13-11-29)23-15-19(25(32)33)18-14-17(8-9-21(18)28-23)27-24(31)16-4-3-5-16/h1-2,6-9,14-16H,3-5,10-13H2,(H,27,31)(H,32,33). The van der Waals surface area contributed by atoms with Gasteiger partial charge in [0.05, 0.1) is 16.8 Å². The van der Waals surface area contributed by atoms with Crippen molar-refractivity contribution in [2.24, 2.45) is 5.92 Å². The summed E-state index contributed by atoms with van der Waals surface area (Å²) in [6.45, 7) is 2.41. The summed E-state index contributed by atoms with van der Waals surface area (Å²) >= 11 is 0. The molecular formula is C25H25FN4O3. The molecule has 2 fully saturated rings. The molecule has 33 heavy (non-hydrogen) atoms. The van der Waals surface area contributed by atoms with Crippen molar-refractivity contribution in [2.45, 2.75) is 19.3 Å². The second-order valence-corrected chi connectivity index (χ2v) is 8.61. The summed E-state index contributed by atoms with van der Waals surface area (Å²) in [6, 6.07) is 13.5. The minimum Gasteiger partial charge on any atom is -0.478 e. The third-order valence-electron chi connectivity index (χ3n) is 6.57. The number of anilines is 3. The molecule has 1 aliphatic heterocycles. The van der Waals surface area contributed by atoms with Crippen LogP contribution in [0.25, 0.3) is 10.9 Å². The topological polar surface area (TPSA) is 85.8 Å². The molecule has 7 nitrogen and oxygen atoms in total. The van der Waals surface area contributed by atoms with Gasteiger partial charge in [0.2, 0.25) is 5.91 Å². The number of carboxylic acids is 1. The largest absolute Gasteiger partial charge is 0.478 e. The quantitative estimate of drug-likeness (QED) is 0.610. The number of piperazine rings is 1. The predicted molar refractivity (Wildman–Crippen MR) is 125 cm³/mol. The highest BCUT2D eigenvalue weighted by Gasteiger charge is 2.26. The summed E-state index contributed by atoms with van der Waals surface area (Å²) < 4.78 is 14.1. The number of hydrogen-bond acceptors (Lipinski definition) is 5. The van der Waals surface area contributed by atoms with E-state index in [1.807, 2.05) is 15.9 Å². The lowest BCUT2D eigenvalue weighted by molar-refractivity contribution is -0.122. The van der Waals surface area contributed by atoms with Gasteiger partial charge >= 0.3 is 5.97 Å². The fraction of sp³-hybridized carbons (Fsp3) is 0.320. The maximum absolute atomic E-state index is 14.1. The van der Waals surface area contributed by atoms with Gasteiger partial charge in [0, 0.05) is 43.2 Å². The van der Waals surface area contributed by atoms with E-state index in [0.717, 1.165) is 19.3 Å². The fourth-order valence-corrected chi connectivity index (χ4v) is 4.43. The number of carboxylic acid groups (broad SMARTS) is 1. The van der Waals surface area contributed by atoms with Crippen molar-refractivity contribution in [2.75, 3.05) is 41.3 Å². The molecule has 0 unspecified atom stereocenters. The average molecular weight is 448 g/mol. The van der Waals surface area contributed by atoms with Gasteiger partial charge in [0.15, 0.2) is 0 Å². The van der Waals surface area contributed by atoms with Crippen LogP contribution in [0.5, 0.6) is 0 Å². The van der Waals surface area contributed by atoms with Gasteiger partial charge in [0.1, 0.15) is 11.6 Å². The summed E-state index contributed by atoms with van der Waals surface area (Å²) in [6.07, 6.45) is 2.87. The van der Waals surface area contributed by atoms with Crippen LogP contribution in [-0.4, -0.2) is 48.1 Å². The molecule has 2 heterocycles. The molecule has 1 aromatic heterocycles. The van der Waals surface area contributed by atoms with Crippen LogP contribution in [0.4, 0.5) is 21.6 Å². The first kappa shape index (κ1) is 21.2. The van der Waals surface area contributed by atoms with Gasteiger partial charge < -0.3 is 20.2 Å². The zero-order chi connectivity index (χ0) is 22.9. The minimum atomic E-state index is -1.05. The monoisotopic (exact) mass is 448 g/mol. The van der Waals surface area contributed by atoms with Crippen molar-refractivity contribution in [3.8, 4) is 0 Å². The molecule has 2 N–H and O–H groups in total. The molecule has 0 bridgehead atoms. The number of nitrogens with one attached hydrogen (secondary N) is 1. The summed E-state index contributed by atoms with van der Waals surface area (Å²) in [5.74, 6) is -0.684. The summed E-state index contributed by atoms with van der Waals surface area (Å²) in [5, 5.41) is 13.2. The molecule has 170 valence electrons. The Bertz CT molecular complexity index is 1220. The molecule has 3 aromatic rings. The number of benzene rings is 2. The first-order valence-electron chi connectivity index (χ1n) is 11.2. The molecule has 1 aliphatic carbocycles. The number of pyridine rings is 1. The number of para-hydroxylation sites is 1. The van der Waals surface area contributed by atoms with Crippen LogP contribution in [0.15, 0.2) is 48.5 Å². The number of carbonyl (C=O) groups excluding carboxylic acids is 1. The van der Waals surface area contributed by atoms with Crippen LogP contribution < -0.4 is 15.1 Å². The molecule has 1 saturated carbocycles. The molecule has 0 spiro atoms. The minimum absolute atomic E-state index is 0.0187. The Morgan fingerprint density at radius 1 is 1.00 bits per heavy atom. The number of hydrogen-bond donors (Lipinski definition) is 2. The molecule has 5 rings (SSSR count). The zero-order valence-electron chi connectivity index (χ0n) is 18.1. The number of fused-ring (bicyclic) bond motifs is 1. The zero-order valence-corrected chi connectivity index (χ0v) is 18.1. The van der Waals surface area contributed by atoms with Crippen molar-refractivity contribution in [1.82, 2.24) is 4.98 Å². The lowest BCUT2D eigenvalue weighted by atomic mass is 9.85. The number of carbonyl (C=O) groups is 2. The Hall–Kier alpha value is -3.68. The van der Waals surface area contributed by atoms with E-state index >= 15 is 0 Å². The smallest absolute Gasteiger partial charge is 0.336 e. The Morgan fingerprint density at radius 3 is 2.39 bits per heavy atom. The molecule has 2 aromatic carbocycles. The van der Waals surface area contributed by atoms with E-state index in [-0.39, 0.29) is 23.2 Å². The predicted octanol–water partition coefficient (Wildman–Crippen LogP) is 4.14. The highest BCUT2D eigenvalue weighted by Crippen LogP contribution is 2.30. The first-order chi connectivity index (χ1) is 16.0. The molecule has 8 heteroatoms. The van der Waals surface area contributed by atoms with Crippen LogP contribution in [0, 0.1) is 11.7 Å². The van der Waals surface area contributed by atoms with Crippen molar-refractivity contribution in [3.05, 3.63) is 59.9 Å². The van der Waals surface area contributed by atoms with Gasteiger partial charge in [-0.05, 0) is 49.2 Å². The number of rotatable bonds is 5. The highest BCUT2D eigenvalue weighted by molar-refractivity contribution is 6.05. The number of aromatic carboxylic acids is 1. The van der Waals surface area contributed by atoms with Crippen LogP contribution in [0.3, 0.4) is 0 Å². The van der Waals surface area contributed by atoms with E-state index in [2.05, 4.69) is 5.32 Å². The van der Waals surface area contributed by atoms with Crippen molar-refractivity contribution >= 4 is 40.0 Å². The van der Waals surface area contributed by atoms with E-state index in [9.17, 15) is 19.1 Å². The van der Waals surface area contributed by atoms with Crippen molar-refractivity contribution in [3.63, 3.8) is 0 Å². The Balaban J connectivity index is 1.38. The SMILES string of the molecule is O=C(O)c1cc(N2CCN(c3ccccc3F)CC2)nc2ccc(NC(=O)C3CCC3)cc12. The summed E-state index contributed by atoms with van der Waals surface area (Å²) in [7, 11) is 0. The molecule has 2 aliphatic rings. The molecule has 0 radical (unpaired) electrons. The fourth-order valence-electron chi connectivity index (χ4n) is 4.43. The van der Waals surface area contributed by atoms with E-state index in [1.165, 1.54) is 6.07 Å². The van der Waals surface area contributed by atoms with E-state index in [0.29, 0.717) is 54.3 Å². The summed E-state index contributed by atoms with van der Waals surface area (Å²) in [5.41, 5.74) is 1.86. The van der Waals surface area contributed by atoms with Gasteiger partial charge in [-0.1, -0.05) is 18.6 Å². The third-order valence-corrected chi connectivity index (χ3v) is 6.57. The summed E-state index contributed by atoms with van der Waals surface area (Å²) in [4.78, 5) is 33.0. The second kappa shape index (κ2) is 8.69. The second-order valence-electron chi connectivity index (χ2n) is 8.61. The van der Waals surface area contributed by atoms with E-state index < -0.39 is 5.97 Å². The van der Waals surface area contributed by atoms with Crippen LogP contribution >= 0.6 is 0 Å². The van der Waals surface area contributed by atoms with Gasteiger partial charge in [-0.3, -0.25) is 4.79 Å². The molecular weight excluding hydrogens is 423 g/mol. The first-order valence-corrected chi connectivity index (χ1v) is 11.2. The Kier molecular flexibility index (Phi) is 5.58. The van der Waals surface area contributed by atoms with Gasteiger partial charge in [-0.25, -0.2) is 14.2 Å². The number of nitrogens with zero attached hydrogens (tertiary/aromatic N) is 3. The van der Waals surface area contributed by atoms with Crippen LogP contribution in [-0.2, 0) is 4.79 Å². The molecule has 1 amide bonds. The normalized spacial score (nSPS) is 16.5. The molecule has 0 atom stereocenters. The Labute approximate surface area is 190 Å². The number of amides is 1. The van der Waals surface area contributed by atoms with Crippen molar-refractivity contribution in [1.29, 1.82) is 0 Å².